The van der Waals surface area contributed by atoms with Crippen molar-refractivity contribution in [2.45, 2.75) is 27.7 Å². The molecule has 0 atom stereocenters. The highest BCUT2D eigenvalue weighted by Crippen LogP contribution is 2.12. The number of nitrogens with zero attached hydrogens (tertiary/aromatic N) is 1. The highest BCUT2D eigenvalue weighted by atomic mass is 16.5. The molecule has 80 valence electrons. The van der Waals surface area contributed by atoms with Crippen molar-refractivity contribution in [2.75, 3.05) is 6.61 Å². The number of allylic oxidation sites excluding steroid dienone is 2. The number of hydrogen-bond acceptors (Lipinski definition) is 2. The summed E-state index contributed by atoms with van der Waals surface area (Å²) in [6.45, 7) is 19.2. The van der Waals surface area contributed by atoms with Crippen LogP contribution in [0.2, 0.25) is 0 Å². The number of ether oxygens (including phenoxy) is 1. The molecule has 0 spiro atoms. The van der Waals surface area contributed by atoms with Gasteiger partial charge in [-0.3, -0.25) is 4.99 Å². The van der Waals surface area contributed by atoms with E-state index in [0.29, 0.717) is 18.1 Å². The standard InChI is InChI=1S/C10H15NO.C2H6/c1-6-12-10(7-8(2)3)9(4)11-5;1-2/h7H,2,4-6H2,1,3H3;1-2H3/b10-7+;. The van der Waals surface area contributed by atoms with E-state index in [2.05, 4.69) is 24.9 Å². The lowest BCUT2D eigenvalue weighted by Crippen LogP contribution is -1.93. The van der Waals surface area contributed by atoms with Gasteiger partial charge in [0.05, 0.1) is 12.3 Å². The van der Waals surface area contributed by atoms with Gasteiger partial charge < -0.3 is 4.74 Å². The molecule has 0 aliphatic heterocycles. The third-order valence-corrected chi connectivity index (χ3v) is 1.15. The first-order valence-corrected chi connectivity index (χ1v) is 4.77. The van der Waals surface area contributed by atoms with E-state index in [1.807, 2.05) is 27.7 Å². The molecule has 0 unspecified atom stereocenters. The van der Waals surface area contributed by atoms with Crippen molar-refractivity contribution in [3.63, 3.8) is 0 Å². The summed E-state index contributed by atoms with van der Waals surface area (Å²) < 4.78 is 5.27. The Morgan fingerprint density at radius 1 is 1.36 bits per heavy atom. The van der Waals surface area contributed by atoms with Gasteiger partial charge in [0.15, 0.2) is 0 Å². The minimum Gasteiger partial charge on any atom is -0.492 e. The molecule has 0 aliphatic rings. The monoisotopic (exact) mass is 195 g/mol. The first kappa shape index (κ1) is 15.2. The van der Waals surface area contributed by atoms with E-state index in [4.69, 9.17) is 4.74 Å². The zero-order valence-corrected chi connectivity index (χ0v) is 9.76. The van der Waals surface area contributed by atoms with Gasteiger partial charge in [0.1, 0.15) is 5.76 Å². The fourth-order valence-electron chi connectivity index (χ4n) is 0.665. The Labute approximate surface area is 87.7 Å². The van der Waals surface area contributed by atoms with Crippen LogP contribution >= 0.6 is 0 Å². The molecule has 0 rings (SSSR count). The molecule has 0 aromatic rings. The molecule has 0 saturated carbocycles. The molecule has 0 heterocycles. The Morgan fingerprint density at radius 2 is 1.86 bits per heavy atom. The third-order valence-electron chi connectivity index (χ3n) is 1.15. The zero-order chi connectivity index (χ0) is 11.6. The predicted molar refractivity (Wildman–Crippen MR) is 64.6 cm³/mol. The second-order valence-corrected chi connectivity index (χ2v) is 2.39. The van der Waals surface area contributed by atoms with Gasteiger partial charge in [-0.1, -0.05) is 32.6 Å². The van der Waals surface area contributed by atoms with Crippen LogP contribution in [0.25, 0.3) is 0 Å². The SMILES string of the molecule is C=NC(=C)/C(=C\C(=C)C)OCC.CC. The van der Waals surface area contributed by atoms with Gasteiger partial charge in [-0.25, -0.2) is 0 Å². The van der Waals surface area contributed by atoms with Gasteiger partial charge in [0.2, 0.25) is 0 Å². The normalized spacial score (nSPS) is 9.57. The van der Waals surface area contributed by atoms with Crippen LogP contribution in [0, 0.1) is 0 Å². The van der Waals surface area contributed by atoms with Crippen molar-refractivity contribution in [2.24, 2.45) is 4.99 Å². The summed E-state index contributed by atoms with van der Waals surface area (Å²) in [5, 5.41) is 0. The smallest absolute Gasteiger partial charge is 0.144 e. The van der Waals surface area contributed by atoms with Crippen molar-refractivity contribution >= 4 is 6.72 Å². The Bertz CT molecular complexity index is 226. The number of hydrogen-bond donors (Lipinski definition) is 0. The van der Waals surface area contributed by atoms with E-state index in [-0.39, 0.29) is 0 Å². The van der Waals surface area contributed by atoms with E-state index in [1.54, 1.807) is 6.08 Å². The van der Waals surface area contributed by atoms with Gasteiger partial charge >= 0.3 is 0 Å². The molecule has 0 amide bonds. The van der Waals surface area contributed by atoms with Crippen molar-refractivity contribution in [1.82, 2.24) is 0 Å². The molecule has 14 heavy (non-hydrogen) atoms. The van der Waals surface area contributed by atoms with Crippen LogP contribution in [0.5, 0.6) is 0 Å². The quantitative estimate of drug-likeness (QED) is 0.372. The maximum atomic E-state index is 5.27. The third kappa shape index (κ3) is 7.35. The minimum atomic E-state index is 0.542. The fourth-order valence-corrected chi connectivity index (χ4v) is 0.665. The second kappa shape index (κ2) is 9.78. The first-order valence-electron chi connectivity index (χ1n) is 4.77. The average Bonchev–Trinajstić information content (AvgIpc) is 2.18. The summed E-state index contributed by atoms with van der Waals surface area (Å²) in [6, 6.07) is 0. The second-order valence-electron chi connectivity index (χ2n) is 2.39. The van der Waals surface area contributed by atoms with Gasteiger partial charge in [-0.05, 0) is 26.6 Å². The van der Waals surface area contributed by atoms with Crippen molar-refractivity contribution in [3.8, 4) is 0 Å². The minimum absolute atomic E-state index is 0.542. The highest BCUT2D eigenvalue weighted by molar-refractivity contribution is 5.36. The average molecular weight is 195 g/mol. The molecule has 0 aliphatic carbocycles. The molecule has 2 nitrogen and oxygen atoms in total. The topological polar surface area (TPSA) is 21.6 Å². The van der Waals surface area contributed by atoms with E-state index in [0.717, 1.165) is 5.57 Å². The van der Waals surface area contributed by atoms with Crippen LogP contribution in [0.3, 0.4) is 0 Å². The molecule has 0 saturated heterocycles. The van der Waals surface area contributed by atoms with Gasteiger partial charge in [0.25, 0.3) is 0 Å². The maximum absolute atomic E-state index is 5.27. The summed E-state index contributed by atoms with van der Waals surface area (Å²) in [7, 11) is 0. The Balaban J connectivity index is 0. The molecular formula is C12H21NO. The molecule has 0 aromatic carbocycles. The summed E-state index contributed by atoms with van der Waals surface area (Å²) in [5.41, 5.74) is 1.45. The molecule has 0 aromatic heterocycles. The van der Waals surface area contributed by atoms with Crippen LogP contribution in [0.1, 0.15) is 27.7 Å². The molecular weight excluding hydrogens is 174 g/mol. The van der Waals surface area contributed by atoms with Crippen molar-refractivity contribution in [1.29, 1.82) is 0 Å². The summed E-state index contributed by atoms with van der Waals surface area (Å²) in [4.78, 5) is 3.68. The molecule has 0 bridgehead atoms. The zero-order valence-electron chi connectivity index (χ0n) is 9.76. The lowest BCUT2D eigenvalue weighted by molar-refractivity contribution is 0.237. The largest absolute Gasteiger partial charge is 0.492 e. The van der Waals surface area contributed by atoms with Crippen LogP contribution in [-0.2, 0) is 4.74 Å². The van der Waals surface area contributed by atoms with Crippen LogP contribution in [0.15, 0.2) is 41.3 Å². The van der Waals surface area contributed by atoms with Crippen LogP contribution < -0.4 is 0 Å². The maximum Gasteiger partial charge on any atom is 0.144 e. The molecule has 0 radical (unpaired) electrons. The van der Waals surface area contributed by atoms with E-state index in [1.165, 1.54) is 0 Å². The van der Waals surface area contributed by atoms with Gasteiger partial charge in [0, 0.05) is 0 Å². The molecule has 0 fully saturated rings. The van der Waals surface area contributed by atoms with Crippen molar-refractivity contribution < 1.29 is 4.74 Å². The molecule has 2 heteroatoms. The van der Waals surface area contributed by atoms with E-state index >= 15 is 0 Å². The number of aliphatic imine (C=N–C) groups is 1. The number of rotatable bonds is 5. The van der Waals surface area contributed by atoms with E-state index in [9.17, 15) is 0 Å². The fraction of sp³-hybridized carbons (Fsp3) is 0.417. The van der Waals surface area contributed by atoms with Gasteiger partial charge in [-0.2, -0.15) is 0 Å². The first-order chi connectivity index (χ1) is 6.61. The van der Waals surface area contributed by atoms with E-state index < -0.39 is 0 Å². The summed E-state index contributed by atoms with van der Waals surface area (Å²) in [6.07, 6.45) is 1.79. The Morgan fingerprint density at radius 3 is 2.14 bits per heavy atom. The van der Waals surface area contributed by atoms with Crippen LogP contribution in [0.4, 0.5) is 0 Å². The predicted octanol–water partition coefficient (Wildman–Crippen LogP) is 3.72. The highest BCUT2D eigenvalue weighted by Gasteiger charge is 1.99. The Kier molecular flexibility index (Phi) is 10.6. The van der Waals surface area contributed by atoms with Crippen LogP contribution in [-0.4, -0.2) is 13.3 Å². The van der Waals surface area contributed by atoms with Gasteiger partial charge in [-0.15, -0.1) is 0 Å². The summed E-state index contributed by atoms with van der Waals surface area (Å²) in [5.74, 6) is 0.639. The Hall–Kier alpha value is -1.31. The summed E-state index contributed by atoms with van der Waals surface area (Å²) >= 11 is 0. The molecule has 0 N–H and O–H groups in total. The lowest BCUT2D eigenvalue weighted by atomic mass is 10.2. The lowest BCUT2D eigenvalue weighted by Gasteiger charge is -2.07. The van der Waals surface area contributed by atoms with Crippen molar-refractivity contribution in [3.05, 3.63) is 36.3 Å².